The number of nitrogens with two attached hydrogens (primary N) is 1. The fourth-order valence-electron chi connectivity index (χ4n) is 4.58. The summed E-state index contributed by atoms with van der Waals surface area (Å²) in [6.07, 6.45) is 2.39. The summed E-state index contributed by atoms with van der Waals surface area (Å²) >= 11 is 0. The number of carbonyl (C=O) groups is 1. The normalized spacial score (nSPS) is 14.8. The minimum atomic E-state index is -0.0517. The SMILES string of the molecule is CN(Cc1cccc(-c2ccc(CNC3CCN(Cc4ccccc4)CC3)cc2)c1)C(=O)CN. The van der Waals surface area contributed by atoms with Crippen molar-refractivity contribution in [2.45, 2.75) is 38.5 Å². The molecule has 5 nitrogen and oxygen atoms in total. The molecule has 34 heavy (non-hydrogen) atoms. The lowest BCUT2D eigenvalue weighted by Gasteiger charge is -2.32. The third kappa shape index (κ3) is 6.76. The first-order valence-corrected chi connectivity index (χ1v) is 12.2. The summed E-state index contributed by atoms with van der Waals surface area (Å²) in [5.74, 6) is -0.0517. The maximum atomic E-state index is 11.8. The quantitative estimate of drug-likeness (QED) is 0.510. The number of hydrogen-bond donors (Lipinski definition) is 2. The summed E-state index contributed by atoms with van der Waals surface area (Å²) < 4.78 is 0. The third-order valence-corrected chi connectivity index (χ3v) is 6.67. The van der Waals surface area contributed by atoms with Crippen LogP contribution in [0.15, 0.2) is 78.9 Å². The topological polar surface area (TPSA) is 61.6 Å². The largest absolute Gasteiger partial charge is 0.340 e. The highest BCUT2D eigenvalue weighted by Crippen LogP contribution is 2.22. The Morgan fingerprint density at radius 3 is 2.32 bits per heavy atom. The number of amides is 1. The van der Waals surface area contributed by atoms with E-state index in [4.69, 9.17) is 5.73 Å². The number of piperidine rings is 1. The molecule has 0 unspecified atom stereocenters. The van der Waals surface area contributed by atoms with Crippen LogP contribution in [0.3, 0.4) is 0 Å². The molecule has 3 N–H and O–H groups in total. The summed E-state index contributed by atoms with van der Waals surface area (Å²) in [6.45, 7) is 4.85. The van der Waals surface area contributed by atoms with Crippen molar-refractivity contribution >= 4 is 5.91 Å². The predicted octanol–water partition coefficient (Wildman–Crippen LogP) is 4.02. The molecule has 0 saturated carbocycles. The first-order chi connectivity index (χ1) is 16.6. The maximum Gasteiger partial charge on any atom is 0.236 e. The van der Waals surface area contributed by atoms with Crippen LogP contribution in [0.4, 0.5) is 0 Å². The summed E-state index contributed by atoms with van der Waals surface area (Å²) in [6, 6.07) is 28.5. The Kier molecular flexibility index (Phi) is 8.47. The molecular formula is C29H36N4O. The molecule has 0 aliphatic carbocycles. The van der Waals surface area contributed by atoms with E-state index in [9.17, 15) is 4.79 Å². The van der Waals surface area contributed by atoms with E-state index in [1.807, 2.05) is 12.1 Å². The monoisotopic (exact) mass is 456 g/mol. The van der Waals surface area contributed by atoms with Crippen LogP contribution in [0.1, 0.15) is 29.5 Å². The van der Waals surface area contributed by atoms with Crippen molar-refractivity contribution in [3.8, 4) is 11.1 Å². The Bertz CT molecular complexity index is 1040. The molecule has 1 fully saturated rings. The lowest BCUT2D eigenvalue weighted by atomic mass is 10.0. The van der Waals surface area contributed by atoms with Crippen molar-refractivity contribution in [1.82, 2.24) is 15.1 Å². The van der Waals surface area contributed by atoms with Crippen LogP contribution in [0.2, 0.25) is 0 Å². The fraction of sp³-hybridized carbons (Fsp3) is 0.345. The highest BCUT2D eigenvalue weighted by molar-refractivity contribution is 5.77. The van der Waals surface area contributed by atoms with E-state index in [2.05, 4.69) is 76.9 Å². The second-order valence-electron chi connectivity index (χ2n) is 9.27. The van der Waals surface area contributed by atoms with Gasteiger partial charge < -0.3 is 16.0 Å². The smallest absolute Gasteiger partial charge is 0.236 e. The van der Waals surface area contributed by atoms with Crippen LogP contribution >= 0.6 is 0 Å². The second-order valence-corrected chi connectivity index (χ2v) is 9.27. The molecule has 1 amide bonds. The van der Waals surface area contributed by atoms with Gasteiger partial charge in [-0.25, -0.2) is 0 Å². The van der Waals surface area contributed by atoms with Crippen molar-refractivity contribution in [3.63, 3.8) is 0 Å². The van der Waals surface area contributed by atoms with Crippen molar-refractivity contribution in [1.29, 1.82) is 0 Å². The maximum absolute atomic E-state index is 11.8. The zero-order valence-electron chi connectivity index (χ0n) is 20.1. The predicted molar refractivity (Wildman–Crippen MR) is 139 cm³/mol. The molecule has 3 aromatic carbocycles. The number of likely N-dealkylation sites (tertiary alicyclic amines) is 1. The molecule has 0 atom stereocenters. The van der Waals surface area contributed by atoms with Gasteiger partial charge in [-0.1, -0.05) is 72.8 Å². The van der Waals surface area contributed by atoms with Crippen molar-refractivity contribution in [3.05, 3.63) is 95.6 Å². The zero-order chi connectivity index (χ0) is 23.8. The van der Waals surface area contributed by atoms with E-state index in [0.717, 1.165) is 37.3 Å². The van der Waals surface area contributed by atoms with Crippen molar-refractivity contribution in [2.24, 2.45) is 5.73 Å². The first-order valence-electron chi connectivity index (χ1n) is 12.2. The van der Waals surface area contributed by atoms with E-state index < -0.39 is 0 Å². The van der Waals surface area contributed by atoms with Gasteiger partial charge in [0.1, 0.15) is 0 Å². The van der Waals surface area contributed by atoms with E-state index in [0.29, 0.717) is 12.6 Å². The number of carbonyl (C=O) groups excluding carboxylic acids is 1. The third-order valence-electron chi connectivity index (χ3n) is 6.67. The molecule has 4 rings (SSSR count). The van der Waals surface area contributed by atoms with Gasteiger partial charge >= 0.3 is 0 Å². The molecule has 0 bridgehead atoms. The minimum absolute atomic E-state index is 0.0402. The van der Waals surface area contributed by atoms with E-state index in [1.165, 1.54) is 29.5 Å². The van der Waals surface area contributed by atoms with Crippen LogP contribution < -0.4 is 11.1 Å². The molecular weight excluding hydrogens is 420 g/mol. The van der Waals surface area contributed by atoms with Crippen LogP contribution in [0, 0.1) is 0 Å². The van der Waals surface area contributed by atoms with Gasteiger partial charge in [0.2, 0.25) is 5.91 Å². The van der Waals surface area contributed by atoms with Gasteiger partial charge in [0.25, 0.3) is 0 Å². The number of nitrogens with one attached hydrogen (secondary N) is 1. The Labute approximate surface area is 203 Å². The molecule has 0 aromatic heterocycles. The lowest BCUT2D eigenvalue weighted by molar-refractivity contribution is -0.128. The summed E-state index contributed by atoms with van der Waals surface area (Å²) in [4.78, 5) is 16.0. The molecule has 0 spiro atoms. The fourth-order valence-corrected chi connectivity index (χ4v) is 4.58. The average molecular weight is 457 g/mol. The van der Waals surface area contributed by atoms with E-state index in [-0.39, 0.29) is 12.5 Å². The molecule has 1 saturated heterocycles. The van der Waals surface area contributed by atoms with Gasteiger partial charge in [0.15, 0.2) is 0 Å². The number of hydrogen-bond acceptors (Lipinski definition) is 4. The molecule has 5 heteroatoms. The molecule has 178 valence electrons. The molecule has 3 aromatic rings. The van der Waals surface area contributed by atoms with E-state index >= 15 is 0 Å². The second kappa shape index (κ2) is 11.9. The van der Waals surface area contributed by atoms with E-state index in [1.54, 1.807) is 11.9 Å². The highest BCUT2D eigenvalue weighted by atomic mass is 16.2. The molecule has 1 aliphatic heterocycles. The Morgan fingerprint density at radius 2 is 1.62 bits per heavy atom. The molecule has 1 aliphatic rings. The van der Waals surface area contributed by atoms with Crippen LogP contribution in [-0.4, -0.2) is 48.4 Å². The average Bonchev–Trinajstić information content (AvgIpc) is 2.89. The minimum Gasteiger partial charge on any atom is -0.340 e. The molecule has 1 heterocycles. The van der Waals surface area contributed by atoms with Gasteiger partial charge in [-0.05, 0) is 59.8 Å². The van der Waals surface area contributed by atoms with Gasteiger partial charge in [-0.3, -0.25) is 9.69 Å². The number of nitrogens with zero attached hydrogens (tertiary/aromatic N) is 2. The Morgan fingerprint density at radius 1 is 0.912 bits per heavy atom. The summed E-state index contributed by atoms with van der Waals surface area (Å²) in [5, 5.41) is 3.75. The standard InChI is InChI=1S/C29H36N4O/c1-32(29(34)19-30)21-25-8-5-9-27(18-25)26-12-10-23(11-13-26)20-31-28-14-16-33(17-15-28)22-24-6-3-2-4-7-24/h2-13,18,28,31H,14-17,19-22,30H2,1H3. The van der Waals surface area contributed by atoms with Crippen molar-refractivity contribution < 1.29 is 4.79 Å². The Hall–Kier alpha value is -2.99. The first kappa shape index (κ1) is 24.1. The summed E-state index contributed by atoms with van der Waals surface area (Å²) in [7, 11) is 1.79. The number of likely N-dealkylation sites (N-methyl/N-ethyl adjacent to an activating group) is 1. The van der Waals surface area contributed by atoms with Crippen LogP contribution in [0.5, 0.6) is 0 Å². The highest BCUT2D eigenvalue weighted by Gasteiger charge is 2.18. The van der Waals surface area contributed by atoms with Gasteiger partial charge in [-0.15, -0.1) is 0 Å². The number of benzene rings is 3. The van der Waals surface area contributed by atoms with Crippen LogP contribution in [-0.2, 0) is 24.4 Å². The van der Waals surface area contributed by atoms with Gasteiger partial charge in [0.05, 0.1) is 6.54 Å². The summed E-state index contributed by atoms with van der Waals surface area (Å²) in [5.41, 5.74) is 11.6. The zero-order valence-corrected chi connectivity index (χ0v) is 20.1. The van der Waals surface area contributed by atoms with Crippen molar-refractivity contribution in [2.75, 3.05) is 26.7 Å². The lowest BCUT2D eigenvalue weighted by Crippen LogP contribution is -2.41. The van der Waals surface area contributed by atoms with Gasteiger partial charge in [0, 0.05) is 32.7 Å². The molecule has 0 radical (unpaired) electrons. The number of rotatable bonds is 9. The van der Waals surface area contributed by atoms with Gasteiger partial charge in [-0.2, -0.15) is 0 Å². The Balaban J connectivity index is 1.25. The van der Waals surface area contributed by atoms with Crippen LogP contribution in [0.25, 0.3) is 11.1 Å².